The highest BCUT2D eigenvalue weighted by atomic mass is 32.2. The summed E-state index contributed by atoms with van der Waals surface area (Å²) in [5, 5.41) is 22.1. The number of fused-ring (bicyclic) bond motifs is 1. The predicted molar refractivity (Wildman–Crippen MR) is 66.1 cm³/mol. The number of benzene rings is 2. The molecule has 0 bridgehead atoms. The highest BCUT2D eigenvalue weighted by Crippen LogP contribution is 2.31. The molecule has 0 heterocycles. The number of hydrogen-bond donors (Lipinski definition) is 3. The summed E-state index contributed by atoms with van der Waals surface area (Å²) in [6, 6.07) is 7.07. The smallest absolute Gasteiger partial charge is 0.298 e. The molecule has 0 saturated heterocycles. The van der Waals surface area contributed by atoms with Gasteiger partial charge in [-0.1, -0.05) is 11.1 Å². The van der Waals surface area contributed by atoms with E-state index in [0.717, 1.165) is 18.1 Å². The van der Waals surface area contributed by atoms with E-state index >= 15 is 0 Å². The molecule has 0 unspecified atom stereocenters. The first-order valence-corrected chi connectivity index (χ1v) is 6.99. The Hall–Kier alpha value is -1.36. The summed E-state index contributed by atoms with van der Waals surface area (Å²) < 4.78 is 35.3. The van der Waals surface area contributed by atoms with Crippen molar-refractivity contribution in [3.05, 3.63) is 30.3 Å². The second kappa shape index (κ2) is 5.33. The summed E-state index contributed by atoms with van der Waals surface area (Å²) in [5.41, 5.74) is 0. The first kappa shape index (κ1) is 14.1. The van der Waals surface area contributed by atoms with E-state index in [-0.39, 0.29) is 0 Å². The maximum absolute atomic E-state index is 11.0. The molecule has 0 aliphatic rings. The summed E-state index contributed by atoms with van der Waals surface area (Å²) in [6.07, 6.45) is 0. The van der Waals surface area contributed by atoms with Crippen LogP contribution in [0.25, 0.3) is 10.8 Å². The number of hydrogen-bond acceptors (Lipinski definition) is 7. The van der Waals surface area contributed by atoms with Crippen LogP contribution in [0, 0.1) is 0 Å². The van der Waals surface area contributed by atoms with Gasteiger partial charge in [-0.15, -0.1) is 4.33 Å². The van der Waals surface area contributed by atoms with E-state index in [4.69, 9.17) is 9.81 Å². The molecule has 0 atom stereocenters. The Labute approximate surface area is 112 Å². The molecular formula is C10H8O7S2. The van der Waals surface area contributed by atoms with Gasteiger partial charge in [0.05, 0.1) is 12.0 Å². The molecular weight excluding hydrogens is 296 g/mol. The topological polar surface area (TPSA) is 113 Å². The minimum Gasteiger partial charge on any atom is -0.506 e. The van der Waals surface area contributed by atoms with E-state index in [0.29, 0.717) is 15.7 Å². The highest BCUT2D eigenvalue weighted by Gasteiger charge is 2.16. The lowest BCUT2D eigenvalue weighted by atomic mass is 10.1. The van der Waals surface area contributed by atoms with E-state index in [1.54, 1.807) is 18.2 Å². The molecule has 0 aromatic heterocycles. The molecule has 9 heteroatoms. The van der Waals surface area contributed by atoms with Crippen molar-refractivity contribution in [1.82, 2.24) is 0 Å². The van der Waals surface area contributed by atoms with Gasteiger partial charge < -0.3 is 5.11 Å². The molecule has 2 rings (SSSR count). The fourth-order valence-corrected chi connectivity index (χ4v) is 2.56. The molecule has 0 fully saturated rings. The zero-order valence-electron chi connectivity index (χ0n) is 9.18. The molecule has 0 aliphatic heterocycles. The van der Waals surface area contributed by atoms with Gasteiger partial charge in [-0.25, -0.2) is 5.26 Å². The van der Waals surface area contributed by atoms with Gasteiger partial charge >= 0.3 is 0 Å². The molecule has 19 heavy (non-hydrogen) atoms. The van der Waals surface area contributed by atoms with Crippen molar-refractivity contribution in [3.8, 4) is 5.75 Å². The minimum atomic E-state index is -4.48. The molecule has 0 amide bonds. The second-order valence-electron chi connectivity index (χ2n) is 3.53. The third kappa shape index (κ3) is 3.15. The van der Waals surface area contributed by atoms with E-state index in [1.807, 2.05) is 0 Å². The van der Waals surface area contributed by atoms with Crippen LogP contribution in [0.1, 0.15) is 0 Å². The van der Waals surface area contributed by atoms with E-state index < -0.39 is 20.8 Å². The van der Waals surface area contributed by atoms with Gasteiger partial charge in [0.25, 0.3) is 10.1 Å². The van der Waals surface area contributed by atoms with Crippen molar-refractivity contribution in [1.29, 1.82) is 0 Å². The van der Waals surface area contributed by atoms with Crippen molar-refractivity contribution in [3.63, 3.8) is 0 Å². The van der Waals surface area contributed by atoms with Gasteiger partial charge in [-0.2, -0.15) is 8.42 Å². The van der Waals surface area contributed by atoms with Crippen LogP contribution in [-0.2, 0) is 19.5 Å². The third-order valence-electron chi connectivity index (χ3n) is 2.33. The Balaban J connectivity index is 2.52. The maximum atomic E-state index is 11.0. The SMILES string of the molecule is O=S(=O)(O)c1cc2ccc(SOOO)cc2cc1O. The molecule has 2 aromatic rings. The molecule has 2 aromatic carbocycles. The van der Waals surface area contributed by atoms with E-state index in [2.05, 4.69) is 9.37 Å². The molecule has 102 valence electrons. The van der Waals surface area contributed by atoms with Crippen molar-refractivity contribution in [2.24, 2.45) is 0 Å². The average Bonchev–Trinajstić information content (AvgIpc) is 2.33. The Kier molecular flexibility index (Phi) is 3.94. The normalized spacial score (nSPS) is 11.9. The van der Waals surface area contributed by atoms with Crippen LogP contribution in [0.2, 0.25) is 0 Å². The number of rotatable bonds is 4. The summed E-state index contributed by atoms with van der Waals surface area (Å²) in [4.78, 5) is -0.00380. The Morgan fingerprint density at radius 1 is 1.11 bits per heavy atom. The van der Waals surface area contributed by atoms with Crippen LogP contribution >= 0.6 is 12.0 Å². The van der Waals surface area contributed by atoms with Gasteiger partial charge in [-0.05, 0) is 35.0 Å². The van der Waals surface area contributed by atoms with Crippen LogP contribution in [0.15, 0.2) is 40.1 Å². The lowest BCUT2D eigenvalue weighted by Gasteiger charge is -2.05. The first-order valence-electron chi connectivity index (χ1n) is 4.81. The third-order valence-corrected chi connectivity index (χ3v) is 3.79. The highest BCUT2D eigenvalue weighted by molar-refractivity contribution is 7.94. The number of phenolic OH excluding ortho intramolecular Hbond substituents is 1. The minimum absolute atomic E-state index is 0.500. The fourth-order valence-electron chi connectivity index (χ4n) is 1.56. The second-order valence-corrected chi connectivity index (χ2v) is 5.69. The van der Waals surface area contributed by atoms with Crippen LogP contribution < -0.4 is 0 Å². The Morgan fingerprint density at radius 2 is 1.84 bits per heavy atom. The van der Waals surface area contributed by atoms with Gasteiger partial charge in [0.2, 0.25) is 0 Å². The van der Waals surface area contributed by atoms with Crippen molar-refractivity contribution in [2.45, 2.75) is 9.79 Å². The Morgan fingerprint density at radius 3 is 2.47 bits per heavy atom. The van der Waals surface area contributed by atoms with Crippen LogP contribution in [0.4, 0.5) is 0 Å². The molecule has 0 aliphatic carbocycles. The van der Waals surface area contributed by atoms with Gasteiger partial charge in [-0.3, -0.25) is 4.55 Å². The summed E-state index contributed by atoms with van der Waals surface area (Å²) in [7, 11) is -4.48. The average molecular weight is 304 g/mol. The Bertz CT molecular complexity index is 711. The fraction of sp³-hybridized carbons (Fsp3) is 0. The zero-order chi connectivity index (χ0) is 14.0. The summed E-state index contributed by atoms with van der Waals surface area (Å²) >= 11 is 0.729. The van der Waals surface area contributed by atoms with Gasteiger partial charge in [0, 0.05) is 4.90 Å². The van der Waals surface area contributed by atoms with E-state index in [1.165, 1.54) is 6.07 Å². The van der Waals surface area contributed by atoms with Gasteiger partial charge in [0.1, 0.15) is 10.6 Å². The summed E-state index contributed by atoms with van der Waals surface area (Å²) in [5.74, 6) is -0.559. The first-order chi connectivity index (χ1) is 8.91. The number of aromatic hydroxyl groups is 1. The van der Waals surface area contributed by atoms with Crippen LogP contribution in [0.3, 0.4) is 0 Å². The van der Waals surface area contributed by atoms with Crippen molar-refractivity contribution in [2.75, 3.05) is 0 Å². The monoisotopic (exact) mass is 304 g/mol. The van der Waals surface area contributed by atoms with Crippen molar-refractivity contribution >= 4 is 32.9 Å². The van der Waals surface area contributed by atoms with Crippen LogP contribution in [-0.4, -0.2) is 23.3 Å². The van der Waals surface area contributed by atoms with Gasteiger partial charge in [0.15, 0.2) is 0 Å². The number of phenols is 1. The maximum Gasteiger partial charge on any atom is 0.298 e. The van der Waals surface area contributed by atoms with Crippen LogP contribution in [0.5, 0.6) is 5.75 Å². The zero-order valence-corrected chi connectivity index (χ0v) is 10.8. The van der Waals surface area contributed by atoms with E-state index in [9.17, 15) is 13.5 Å². The lowest BCUT2D eigenvalue weighted by molar-refractivity contribution is -0.432. The summed E-state index contributed by atoms with van der Waals surface area (Å²) in [6.45, 7) is 0. The molecule has 0 saturated carbocycles. The molecule has 7 nitrogen and oxygen atoms in total. The predicted octanol–water partition coefficient (Wildman–Crippen LogP) is 2.22. The molecule has 3 N–H and O–H groups in total. The van der Waals surface area contributed by atoms with Crippen molar-refractivity contribution < 1.29 is 32.7 Å². The standard InChI is InChI=1S/C10H8O7S2/c11-9-4-7-3-8(18-17-16-12)2-1-6(7)5-10(9)19(13,14)15/h1-5,11-12H,(H,13,14,15). The quantitative estimate of drug-likeness (QED) is 0.341. The molecule has 0 radical (unpaired) electrons. The lowest BCUT2D eigenvalue weighted by Crippen LogP contribution is -1.98. The molecule has 0 spiro atoms. The largest absolute Gasteiger partial charge is 0.506 e.